The lowest BCUT2D eigenvalue weighted by Crippen LogP contribution is -2.22. The Morgan fingerprint density at radius 3 is 2.57 bits per heavy atom. The molecular formula is C24H26FN5O5. The van der Waals surface area contributed by atoms with Crippen molar-refractivity contribution in [3.8, 4) is 0 Å². The molecule has 5 N–H and O–H groups in total. The highest BCUT2D eigenvalue weighted by Crippen LogP contribution is 2.25. The Hall–Kier alpha value is -4.09. The molecule has 0 aromatic heterocycles. The van der Waals surface area contributed by atoms with Gasteiger partial charge in [0.1, 0.15) is 11.5 Å². The van der Waals surface area contributed by atoms with Crippen molar-refractivity contribution in [2.45, 2.75) is 32.5 Å². The molecule has 10 nitrogen and oxygen atoms in total. The van der Waals surface area contributed by atoms with E-state index in [2.05, 4.69) is 20.6 Å². The summed E-state index contributed by atoms with van der Waals surface area (Å²) in [6.07, 6.45) is 3.49. The molecule has 0 saturated heterocycles. The van der Waals surface area contributed by atoms with Crippen molar-refractivity contribution in [3.05, 3.63) is 76.1 Å². The highest BCUT2D eigenvalue weighted by molar-refractivity contribution is 6.47. The summed E-state index contributed by atoms with van der Waals surface area (Å²) < 4.78 is 14.3. The molecule has 0 atom stereocenters. The highest BCUT2D eigenvalue weighted by atomic mass is 19.1. The Morgan fingerprint density at radius 1 is 1.20 bits per heavy atom. The minimum absolute atomic E-state index is 0.0286. The number of aromatic carboxylic acids is 1. The van der Waals surface area contributed by atoms with Crippen molar-refractivity contribution in [1.29, 1.82) is 5.53 Å². The number of halogens is 1. The van der Waals surface area contributed by atoms with Crippen LogP contribution in [0.2, 0.25) is 0 Å². The highest BCUT2D eigenvalue weighted by Gasteiger charge is 2.16. The predicted octanol–water partition coefficient (Wildman–Crippen LogP) is 3.57. The second-order valence-corrected chi connectivity index (χ2v) is 7.50. The Labute approximate surface area is 201 Å². The Bertz CT molecular complexity index is 1190. The fraction of sp³-hybridized carbons (Fsp3) is 0.250. The quantitative estimate of drug-likeness (QED) is 0.142. The molecule has 0 aliphatic heterocycles. The van der Waals surface area contributed by atoms with Crippen molar-refractivity contribution in [3.63, 3.8) is 0 Å². The third kappa shape index (κ3) is 7.73. The van der Waals surface area contributed by atoms with Gasteiger partial charge in [-0.3, -0.25) is 9.79 Å². The number of aliphatic imine (C=N–C) groups is 1. The molecule has 0 aliphatic rings. The van der Waals surface area contributed by atoms with Crippen molar-refractivity contribution in [2.75, 3.05) is 12.4 Å². The number of amides is 1. The number of aryl methyl sites for hydroxylation is 3. The summed E-state index contributed by atoms with van der Waals surface area (Å²) in [6, 6.07) is 7.29. The summed E-state index contributed by atoms with van der Waals surface area (Å²) in [4.78, 5) is 27.6. The predicted molar refractivity (Wildman–Crippen MR) is 129 cm³/mol. The van der Waals surface area contributed by atoms with E-state index in [4.69, 9.17) is 10.6 Å². The number of carboxylic acid groups (broad SMARTS) is 1. The van der Waals surface area contributed by atoms with Crippen molar-refractivity contribution in [2.24, 2.45) is 15.3 Å². The van der Waals surface area contributed by atoms with Gasteiger partial charge in [-0.05, 0) is 67.2 Å². The van der Waals surface area contributed by atoms with E-state index in [1.54, 1.807) is 19.1 Å². The molecule has 2 aromatic rings. The third-order valence-corrected chi connectivity index (χ3v) is 5.12. The van der Waals surface area contributed by atoms with Crippen LogP contribution in [0.1, 0.15) is 45.3 Å². The van der Waals surface area contributed by atoms with E-state index in [9.17, 15) is 24.2 Å². The zero-order chi connectivity index (χ0) is 26.0. The lowest BCUT2D eigenvalue weighted by Gasteiger charge is -2.15. The summed E-state index contributed by atoms with van der Waals surface area (Å²) in [5.41, 5.74) is 8.45. The number of rotatable bonds is 11. The van der Waals surface area contributed by atoms with Crippen LogP contribution >= 0.6 is 0 Å². The number of carboxylic acids is 1. The first-order valence-corrected chi connectivity index (χ1v) is 10.5. The normalized spacial score (nSPS) is 12.0. The average molecular weight is 484 g/mol. The van der Waals surface area contributed by atoms with E-state index in [1.165, 1.54) is 37.5 Å². The van der Waals surface area contributed by atoms with E-state index in [1.807, 2.05) is 0 Å². The SMILES string of the molecule is CN=C(/C=C\C=N\N=N)C(=O)Nc1cc(CCCc2cc(C)c(C(=O)O)cc2F)ccc1C(O)O. The third-order valence-electron chi connectivity index (χ3n) is 5.12. The number of aliphatic hydroxyl groups excluding tert-OH is 1. The van der Waals surface area contributed by atoms with E-state index in [0.29, 0.717) is 30.4 Å². The smallest absolute Gasteiger partial charge is 0.336 e. The van der Waals surface area contributed by atoms with Crippen LogP contribution in [0.3, 0.4) is 0 Å². The number of carbonyl (C=O) groups is 2. The minimum atomic E-state index is -1.83. The van der Waals surface area contributed by atoms with Gasteiger partial charge < -0.3 is 20.6 Å². The summed E-state index contributed by atoms with van der Waals surface area (Å²) in [5.74, 6) is -2.37. The number of nitrogens with zero attached hydrogens (tertiary/aromatic N) is 3. The van der Waals surface area contributed by atoms with E-state index in [0.717, 1.165) is 11.6 Å². The fourth-order valence-electron chi connectivity index (χ4n) is 3.38. The average Bonchev–Trinajstić information content (AvgIpc) is 2.80. The van der Waals surface area contributed by atoms with Crippen molar-refractivity contribution >= 4 is 29.5 Å². The van der Waals surface area contributed by atoms with E-state index >= 15 is 0 Å². The number of anilines is 1. The van der Waals surface area contributed by atoms with Crippen LogP contribution in [-0.2, 0) is 17.6 Å². The summed E-state index contributed by atoms with van der Waals surface area (Å²) in [7, 11) is 1.41. The molecule has 0 radical (unpaired) electrons. The maximum atomic E-state index is 14.3. The van der Waals surface area contributed by atoms with Gasteiger partial charge >= 0.3 is 5.97 Å². The molecule has 0 unspecified atom stereocenters. The number of hydrogen-bond donors (Lipinski definition) is 5. The lowest BCUT2D eigenvalue weighted by molar-refractivity contribution is -0.110. The van der Waals surface area contributed by atoms with Gasteiger partial charge in [-0.25, -0.2) is 9.18 Å². The van der Waals surface area contributed by atoms with Crippen LogP contribution in [0.25, 0.3) is 0 Å². The van der Waals surface area contributed by atoms with Crippen molar-refractivity contribution in [1.82, 2.24) is 0 Å². The van der Waals surface area contributed by atoms with Crippen molar-refractivity contribution < 1.29 is 29.3 Å². The van der Waals surface area contributed by atoms with Gasteiger partial charge in [0.25, 0.3) is 5.91 Å². The number of aliphatic hydroxyl groups is 2. The van der Waals surface area contributed by atoms with Crippen LogP contribution in [0.4, 0.5) is 10.1 Å². The molecule has 1 amide bonds. The van der Waals surface area contributed by atoms with Gasteiger partial charge in [0, 0.05) is 18.3 Å². The number of carbonyl (C=O) groups excluding carboxylic acids is 1. The molecule has 0 heterocycles. The molecule has 2 rings (SSSR count). The fourth-order valence-corrected chi connectivity index (χ4v) is 3.38. The second-order valence-electron chi connectivity index (χ2n) is 7.50. The molecule has 35 heavy (non-hydrogen) atoms. The molecule has 184 valence electrons. The zero-order valence-corrected chi connectivity index (χ0v) is 19.2. The molecule has 0 fully saturated rings. The van der Waals surface area contributed by atoms with Crippen LogP contribution in [0.5, 0.6) is 0 Å². The van der Waals surface area contributed by atoms with Gasteiger partial charge in [-0.1, -0.05) is 23.4 Å². The van der Waals surface area contributed by atoms with Gasteiger partial charge in [0.2, 0.25) is 0 Å². The van der Waals surface area contributed by atoms with Crippen LogP contribution in [0.15, 0.2) is 57.8 Å². The van der Waals surface area contributed by atoms with Crippen LogP contribution in [-0.4, -0.2) is 46.2 Å². The van der Waals surface area contributed by atoms with Gasteiger partial charge in [0.05, 0.1) is 11.8 Å². The summed E-state index contributed by atoms with van der Waals surface area (Å²) in [5, 5.41) is 37.2. The van der Waals surface area contributed by atoms with Gasteiger partial charge in [0.15, 0.2) is 6.29 Å². The maximum absolute atomic E-state index is 14.3. The topological polar surface area (TPSA) is 168 Å². The molecule has 0 spiro atoms. The van der Waals surface area contributed by atoms with Crippen LogP contribution < -0.4 is 5.32 Å². The number of hydrogen-bond acceptors (Lipinski definition) is 7. The first-order chi connectivity index (χ1) is 16.7. The Kier molecular flexibility index (Phi) is 10.1. The lowest BCUT2D eigenvalue weighted by atomic mass is 9.98. The Morgan fingerprint density at radius 2 is 1.94 bits per heavy atom. The molecular weight excluding hydrogens is 457 g/mol. The monoisotopic (exact) mass is 483 g/mol. The maximum Gasteiger partial charge on any atom is 0.336 e. The van der Waals surface area contributed by atoms with E-state index < -0.39 is 24.0 Å². The number of benzene rings is 2. The summed E-state index contributed by atoms with van der Waals surface area (Å²) >= 11 is 0. The Balaban J connectivity index is 2.15. The molecule has 11 heteroatoms. The second kappa shape index (κ2) is 13.0. The summed E-state index contributed by atoms with van der Waals surface area (Å²) in [6.45, 7) is 1.61. The molecule has 0 saturated carbocycles. The molecule has 2 aromatic carbocycles. The minimum Gasteiger partial charge on any atom is -0.478 e. The standard InChI is InChI=1S/C24H26FN5O5/c1-14-11-16(19(25)13-18(14)24(34)35)6-3-5-15-8-9-17(23(32)33)21(12-15)29-22(31)20(27-2)7-4-10-28-30-26/h4,7-13,23,26,32-33H,3,5-6H2,1-2H3,(H,29,31)(H,34,35)/b7-4-,27-20?,28-10+,30-26?. The number of allylic oxidation sites excluding steroid dienone is 1. The first kappa shape index (κ1) is 27.2. The molecule has 0 aliphatic carbocycles. The largest absolute Gasteiger partial charge is 0.478 e. The van der Waals surface area contributed by atoms with Gasteiger partial charge in [-0.2, -0.15) is 5.53 Å². The van der Waals surface area contributed by atoms with Crippen LogP contribution in [0, 0.1) is 18.3 Å². The first-order valence-electron chi connectivity index (χ1n) is 10.5. The number of nitrogens with one attached hydrogen (secondary N) is 2. The van der Waals surface area contributed by atoms with E-state index in [-0.39, 0.29) is 22.5 Å². The molecule has 0 bridgehead atoms. The zero-order valence-electron chi connectivity index (χ0n) is 19.2. The van der Waals surface area contributed by atoms with Gasteiger partial charge in [-0.15, -0.1) is 5.10 Å².